The quantitative estimate of drug-likeness (QED) is 0.855. The molecule has 1 saturated heterocycles. The molecule has 0 bridgehead atoms. The van der Waals surface area contributed by atoms with Crippen LogP contribution in [0.1, 0.15) is 47.7 Å². The van der Waals surface area contributed by atoms with Crippen molar-refractivity contribution in [2.75, 3.05) is 18.5 Å². The molecule has 1 amide bonds. The first kappa shape index (κ1) is 15.2. The van der Waals surface area contributed by atoms with Gasteiger partial charge in [0.05, 0.1) is 23.6 Å². The number of carbonyl (C=O) groups excluding carboxylic acids is 1. The van der Waals surface area contributed by atoms with Crippen molar-refractivity contribution in [1.29, 1.82) is 0 Å². The minimum absolute atomic E-state index is 0.137. The van der Waals surface area contributed by atoms with Gasteiger partial charge in [-0.1, -0.05) is 6.07 Å². The third-order valence-electron chi connectivity index (χ3n) is 4.45. The van der Waals surface area contributed by atoms with Gasteiger partial charge in [-0.15, -0.1) is 0 Å². The van der Waals surface area contributed by atoms with Crippen LogP contribution in [0.15, 0.2) is 30.5 Å². The van der Waals surface area contributed by atoms with Crippen LogP contribution < -0.4 is 10.1 Å². The van der Waals surface area contributed by atoms with Crippen molar-refractivity contribution in [2.45, 2.75) is 37.7 Å². The van der Waals surface area contributed by atoms with Crippen molar-refractivity contribution >= 4 is 11.6 Å². The molecule has 2 aliphatic rings. The van der Waals surface area contributed by atoms with Gasteiger partial charge in [-0.05, 0) is 37.8 Å². The molecule has 2 aromatic rings. The van der Waals surface area contributed by atoms with Crippen molar-refractivity contribution in [3.63, 3.8) is 0 Å². The fourth-order valence-electron chi connectivity index (χ4n) is 2.99. The summed E-state index contributed by atoms with van der Waals surface area (Å²) >= 11 is 0. The monoisotopic (exact) mass is 327 g/mol. The minimum Gasteiger partial charge on any atom is -0.491 e. The molecule has 1 saturated carbocycles. The summed E-state index contributed by atoms with van der Waals surface area (Å²) < 4.78 is 11.3. The number of rotatable bonds is 6. The van der Waals surface area contributed by atoms with Crippen molar-refractivity contribution in [3.05, 3.63) is 41.7 Å². The number of aromatic nitrogens is 2. The first-order valence-corrected chi connectivity index (χ1v) is 8.48. The molecule has 1 aliphatic carbocycles. The highest BCUT2D eigenvalue weighted by Gasteiger charge is 2.29. The van der Waals surface area contributed by atoms with Gasteiger partial charge in [-0.2, -0.15) is 5.10 Å². The normalized spacial score (nSPS) is 20.1. The van der Waals surface area contributed by atoms with E-state index >= 15 is 0 Å². The number of hydrogen-bond acceptors (Lipinski definition) is 4. The lowest BCUT2D eigenvalue weighted by molar-refractivity contribution is 0.0680. The fourth-order valence-corrected chi connectivity index (χ4v) is 2.99. The van der Waals surface area contributed by atoms with Crippen molar-refractivity contribution < 1.29 is 14.3 Å². The molecule has 1 aromatic carbocycles. The summed E-state index contributed by atoms with van der Waals surface area (Å²) in [6.07, 6.45) is 6.15. The Bertz CT molecular complexity index is 718. The molecule has 2 fully saturated rings. The Labute approximate surface area is 140 Å². The topological polar surface area (TPSA) is 76.2 Å². The van der Waals surface area contributed by atoms with E-state index in [4.69, 9.17) is 9.47 Å². The molecule has 126 valence electrons. The van der Waals surface area contributed by atoms with E-state index in [1.807, 2.05) is 24.3 Å². The Balaban J connectivity index is 1.39. The second kappa shape index (κ2) is 6.65. The highest BCUT2D eigenvalue weighted by atomic mass is 16.5. The predicted molar refractivity (Wildman–Crippen MR) is 89.4 cm³/mol. The number of aromatic amines is 1. The summed E-state index contributed by atoms with van der Waals surface area (Å²) in [7, 11) is 0. The molecule has 24 heavy (non-hydrogen) atoms. The summed E-state index contributed by atoms with van der Waals surface area (Å²) in [5.41, 5.74) is 2.29. The molecular formula is C18H21N3O3. The lowest BCUT2D eigenvalue weighted by atomic mass is 10.1. The van der Waals surface area contributed by atoms with Crippen LogP contribution in [0, 0.1) is 0 Å². The van der Waals surface area contributed by atoms with Crippen LogP contribution in [0.3, 0.4) is 0 Å². The van der Waals surface area contributed by atoms with E-state index in [0.717, 1.165) is 43.7 Å². The molecule has 2 N–H and O–H groups in total. The van der Waals surface area contributed by atoms with Gasteiger partial charge in [0.1, 0.15) is 12.4 Å². The van der Waals surface area contributed by atoms with Crippen LogP contribution in [0.5, 0.6) is 5.75 Å². The third-order valence-corrected chi connectivity index (χ3v) is 4.45. The average molecular weight is 327 g/mol. The summed E-state index contributed by atoms with van der Waals surface area (Å²) in [5, 5.41) is 9.89. The standard InChI is InChI=1S/C18H21N3O3/c22-18(16-10-19-21-17(16)12-6-7-12)20-13-3-1-4-14(9-13)24-11-15-5-2-8-23-15/h1,3-4,9-10,12,15H,2,5-8,11H2,(H,19,21)(H,20,22). The zero-order chi connectivity index (χ0) is 16.4. The lowest BCUT2D eigenvalue weighted by Gasteiger charge is -2.12. The zero-order valence-electron chi connectivity index (χ0n) is 13.5. The number of amides is 1. The van der Waals surface area contributed by atoms with Crippen LogP contribution in [0.2, 0.25) is 0 Å². The van der Waals surface area contributed by atoms with Crippen molar-refractivity contribution in [2.24, 2.45) is 0 Å². The molecule has 4 rings (SSSR count). The van der Waals surface area contributed by atoms with Gasteiger partial charge in [0.2, 0.25) is 0 Å². The van der Waals surface area contributed by atoms with Crippen LogP contribution in [-0.2, 0) is 4.74 Å². The maximum atomic E-state index is 12.5. The number of nitrogens with zero attached hydrogens (tertiary/aromatic N) is 1. The predicted octanol–water partition coefficient (Wildman–Crippen LogP) is 3.10. The number of hydrogen-bond donors (Lipinski definition) is 2. The second-order valence-electron chi connectivity index (χ2n) is 6.40. The summed E-state index contributed by atoms with van der Waals surface area (Å²) in [6, 6.07) is 7.45. The Hall–Kier alpha value is -2.34. The van der Waals surface area contributed by atoms with Crippen molar-refractivity contribution in [3.8, 4) is 5.75 Å². The molecule has 0 radical (unpaired) electrons. The van der Waals surface area contributed by atoms with Crippen LogP contribution in [0.25, 0.3) is 0 Å². The van der Waals surface area contributed by atoms with Gasteiger partial charge < -0.3 is 14.8 Å². The highest BCUT2D eigenvalue weighted by Crippen LogP contribution is 2.40. The average Bonchev–Trinajstić information content (AvgIpc) is 3.11. The van der Waals surface area contributed by atoms with E-state index in [-0.39, 0.29) is 12.0 Å². The first-order chi connectivity index (χ1) is 11.8. The van der Waals surface area contributed by atoms with E-state index in [2.05, 4.69) is 15.5 Å². The van der Waals surface area contributed by atoms with Crippen molar-refractivity contribution in [1.82, 2.24) is 10.2 Å². The molecule has 2 heterocycles. The Morgan fingerprint density at radius 1 is 1.38 bits per heavy atom. The number of anilines is 1. The summed E-state index contributed by atoms with van der Waals surface area (Å²) in [5.74, 6) is 1.05. The van der Waals surface area contributed by atoms with Gasteiger partial charge in [-0.3, -0.25) is 9.89 Å². The largest absolute Gasteiger partial charge is 0.491 e. The van der Waals surface area contributed by atoms with E-state index < -0.39 is 0 Å². The molecule has 1 aromatic heterocycles. The summed E-state index contributed by atoms with van der Waals surface area (Å²) in [6.45, 7) is 1.36. The smallest absolute Gasteiger partial charge is 0.259 e. The molecule has 1 unspecified atom stereocenters. The molecule has 1 aliphatic heterocycles. The molecule has 1 atom stereocenters. The van der Waals surface area contributed by atoms with Crippen LogP contribution >= 0.6 is 0 Å². The lowest BCUT2D eigenvalue weighted by Crippen LogP contribution is -2.16. The van der Waals surface area contributed by atoms with E-state index in [1.54, 1.807) is 6.20 Å². The molecular weight excluding hydrogens is 306 g/mol. The fraction of sp³-hybridized carbons (Fsp3) is 0.444. The van der Waals surface area contributed by atoms with Gasteiger partial charge >= 0.3 is 0 Å². The molecule has 6 heteroatoms. The molecule has 0 spiro atoms. The first-order valence-electron chi connectivity index (χ1n) is 8.48. The number of nitrogens with one attached hydrogen (secondary N) is 2. The van der Waals surface area contributed by atoms with E-state index in [1.165, 1.54) is 0 Å². The number of H-pyrrole nitrogens is 1. The van der Waals surface area contributed by atoms with Crippen LogP contribution in [-0.4, -0.2) is 35.4 Å². The second-order valence-corrected chi connectivity index (χ2v) is 6.40. The summed E-state index contributed by atoms with van der Waals surface area (Å²) in [4.78, 5) is 12.5. The minimum atomic E-state index is -0.137. The Kier molecular flexibility index (Phi) is 4.21. The maximum absolute atomic E-state index is 12.5. The maximum Gasteiger partial charge on any atom is 0.259 e. The SMILES string of the molecule is O=C(Nc1cccc(OCC2CCCO2)c1)c1cn[nH]c1C1CC1. The number of benzene rings is 1. The highest BCUT2D eigenvalue weighted by molar-refractivity contribution is 6.05. The van der Waals surface area contributed by atoms with E-state index in [0.29, 0.717) is 23.8 Å². The number of ether oxygens (including phenoxy) is 2. The third kappa shape index (κ3) is 3.43. The van der Waals surface area contributed by atoms with E-state index in [9.17, 15) is 4.79 Å². The number of carbonyl (C=O) groups is 1. The zero-order valence-corrected chi connectivity index (χ0v) is 13.5. The van der Waals surface area contributed by atoms with Gasteiger partial charge in [-0.25, -0.2) is 0 Å². The Morgan fingerprint density at radius 3 is 3.08 bits per heavy atom. The molecule has 6 nitrogen and oxygen atoms in total. The van der Waals surface area contributed by atoms with Gasteiger partial charge in [0, 0.05) is 24.3 Å². The Morgan fingerprint density at radius 2 is 2.29 bits per heavy atom. The van der Waals surface area contributed by atoms with Gasteiger partial charge in [0.25, 0.3) is 5.91 Å². The van der Waals surface area contributed by atoms with Gasteiger partial charge in [0.15, 0.2) is 0 Å². The van der Waals surface area contributed by atoms with Crippen LogP contribution in [0.4, 0.5) is 5.69 Å².